The summed E-state index contributed by atoms with van der Waals surface area (Å²) >= 11 is 2.98. The van der Waals surface area contributed by atoms with Gasteiger partial charge in [0.25, 0.3) is 0 Å². The van der Waals surface area contributed by atoms with Crippen LogP contribution in [0.1, 0.15) is 19.3 Å². The van der Waals surface area contributed by atoms with E-state index in [0.29, 0.717) is 5.13 Å². The number of carbonyl (C=O) groups is 2. The first-order valence-electron chi connectivity index (χ1n) is 7.66. The Hall–Kier alpha value is -1.73. The van der Waals surface area contributed by atoms with Gasteiger partial charge in [0, 0.05) is 5.38 Å². The van der Waals surface area contributed by atoms with E-state index >= 15 is 0 Å². The first kappa shape index (κ1) is 14.8. The normalized spacial score (nSPS) is 28.9. The van der Waals surface area contributed by atoms with E-state index in [1.54, 1.807) is 11.3 Å². The zero-order valence-electron chi connectivity index (χ0n) is 12.3. The summed E-state index contributed by atoms with van der Waals surface area (Å²) < 4.78 is 0. The first-order valence-corrected chi connectivity index (χ1v) is 9.42. The number of thiophene rings is 1. The number of hydrogen-bond acceptors (Lipinski definition) is 5. The topological polar surface area (TPSA) is 79.3 Å². The standard InChI is InChI=1S/C16H16N2O3S2/c19-14(12-8-3-4-9(6-8)13(12)15(20)21)18-16-17-10(7-23-16)11-2-1-5-22-11/h1-2,5,7-9,12-13H,3-4,6H2,(H,20,21)(H,17,18,19)/t8-,9+,12-,13-/m0/s1. The quantitative estimate of drug-likeness (QED) is 0.885. The summed E-state index contributed by atoms with van der Waals surface area (Å²) in [7, 11) is 0. The molecule has 2 bridgehead atoms. The van der Waals surface area contributed by atoms with Crippen LogP contribution in [0, 0.1) is 23.7 Å². The van der Waals surface area contributed by atoms with Crippen molar-refractivity contribution in [1.82, 2.24) is 4.98 Å². The first-order chi connectivity index (χ1) is 11.1. The summed E-state index contributed by atoms with van der Waals surface area (Å²) in [6.07, 6.45) is 2.77. The third kappa shape index (κ3) is 2.57. The van der Waals surface area contributed by atoms with Crippen molar-refractivity contribution in [2.75, 3.05) is 5.32 Å². The van der Waals surface area contributed by atoms with E-state index in [9.17, 15) is 14.7 Å². The molecule has 5 nitrogen and oxygen atoms in total. The molecule has 2 N–H and O–H groups in total. The van der Waals surface area contributed by atoms with Crippen LogP contribution in [-0.2, 0) is 9.59 Å². The van der Waals surface area contributed by atoms with Gasteiger partial charge in [0.2, 0.25) is 5.91 Å². The van der Waals surface area contributed by atoms with Crippen molar-refractivity contribution in [3.63, 3.8) is 0 Å². The number of carbonyl (C=O) groups excluding carboxylic acids is 1. The number of amides is 1. The number of carboxylic acids is 1. The average Bonchev–Trinajstić information content (AvgIpc) is 3.28. The molecule has 2 aromatic rings. The molecule has 1 amide bonds. The Kier molecular flexibility index (Phi) is 3.69. The smallest absolute Gasteiger partial charge is 0.307 e. The molecule has 2 fully saturated rings. The summed E-state index contributed by atoms with van der Waals surface area (Å²) in [5, 5.41) is 16.7. The number of nitrogens with one attached hydrogen (secondary N) is 1. The number of rotatable bonds is 4. The number of anilines is 1. The van der Waals surface area contributed by atoms with Gasteiger partial charge >= 0.3 is 5.97 Å². The van der Waals surface area contributed by atoms with Gasteiger partial charge < -0.3 is 10.4 Å². The monoisotopic (exact) mass is 348 g/mol. The number of nitrogens with zero attached hydrogens (tertiary/aromatic N) is 1. The van der Waals surface area contributed by atoms with Gasteiger partial charge in [-0.25, -0.2) is 4.98 Å². The fraction of sp³-hybridized carbons (Fsp3) is 0.438. The van der Waals surface area contributed by atoms with Crippen LogP contribution in [0.25, 0.3) is 10.6 Å². The maximum atomic E-state index is 12.6. The number of fused-ring (bicyclic) bond motifs is 2. The lowest BCUT2D eigenvalue weighted by molar-refractivity contribution is -0.148. The lowest BCUT2D eigenvalue weighted by atomic mass is 9.79. The molecule has 4 rings (SSSR count). The maximum Gasteiger partial charge on any atom is 0.307 e. The predicted octanol–water partition coefficient (Wildman–Crippen LogP) is 3.56. The minimum absolute atomic E-state index is 0.159. The predicted molar refractivity (Wildman–Crippen MR) is 89.5 cm³/mol. The van der Waals surface area contributed by atoms with Crippen LogP contribution in [0.5, 0.6) is 0 Å². The molecule has 2 aliphatic rings. The van der Waals surface area contributed by atoms with Gasteiger partial charge in [-0.05, 0) is 42.5 Å². The third-order valence-electron chi connectivity index (χ3n) is 5.01. The van der Waals surface area contributed by atoms with Crippen LogP contribution < -0.4 is 5.32 Å². The SMILES string of the molecule is O=C(O)[C@H]1[C@@H]2CC[C@@H](C2)[C@@H]1C(=O)Nc1nc(-c2cccs2)cs1. The van der Waals surface area contributed by atoms with Crippen LogP contribution in [0.3, 0.4) is 0 Å². The molecular formula is C16H16N2O3S2. The van der Waals surface area contributed by atoms with Crippen LogP contribution in [0.2, 0.25) is 0 Å². The van der Waals surface area contributed by atoms with E-state index < -0.39 is 17.8 Å². The molecule has 2 aromatic heterocycles. The minimum atomic E-state index is -0.837. The molecule has 0 aromatic carbocycles. The Morgan fingerprint density at radius 1 is 1.22 bits per heavy atom. The Labute approximate surface area is 141 Å². The summed E-state index contributed by atoms with van der Waals surface area (Å²) in [5.41, 5.74) is 0.850. The van der Waals surface area contributed by atoms with Crippen LogP contribution in [0.15, 0.2) is 22.9 Å². The molecule has 2 heterocycles. The van der Waals surface area contributed by atoms with Crippen molar-refractivity contribution in [2.45, 2.75) is 19.3 Å². The largest absolute Gasteiger partial charge is 0.481 e. The number of aromatic nitrogens is 1. The second-order valence-corrected chi connectivity index (χ2v) is 8.03. The van der Waals surface area contributed by atoms with Crippen LogP contribution in [-0.4, -0.2) is 22.0 Å². The molecule has 0 spiro atoms. The molecule has 4 atom stereocenters. The molecule has 2 aliphatic carbocycles. The highest BCUT2D eigenvalue weighted by Gasteiger charge is 2.54. The second-order valence-electron chi connectivity index (χ2n) is 6.23. The summed E-state index contributed by atoms with van der Waals surface area (Å²) in [5.74, 6) is -1.61. The van der Waals surface area contributed by atoms with Gasteiger partial charge in [0.05, 0.1) is 22.4 Å². The Morgan fingerprint density at radius 3 is 2.70 bits per heavy atom. The Bertz CT molecular complexity index is 740. The molecule has 0 radical (unpaired) electrons. The molecule has 0 unspecified atom stereocenters. The van der Waals surface area contributed by atoms with Gasteiger partial charge in [-0.2, -0.15) is 0 Å². The van der Waals surface area contributed by atoms with Crippen molar-refractivity contribution in [3.8, 4) is 10.6 Å². The lowest BCUT2D eigenvalue weighted by Gasteiger charge is -2.26. The van der Waals surface area contributed by atoms with Crippen LogP contribution in [0.4, 0.5) is 5.13 Å². The van der Waals surface area contributed by atoms with E-state index in [0.717, 1.165) is 29.8 Å². The lowest BCUT2D eigenvalue weighted by Crippen LogP contribution is -2.37. The zero-order chi connectivity index (χ0) is 16.0. The third-order valence-corrected chi connectivity index (χ3v) is 6.66. The van der Waals surface area contributed by atoms with Gasteiger partial charge in [-0.15, -0.1) is 22.7 Å². The van der Waals surface area contributed by atoms with Gasteiger partial charge in [0.1, 0.15) is 0 Å². The van der Waals surface area contributed by atoms with Crippen molar-refractivity contribution >= 4 is 39.7 Å². The van der Waals surface area contributed by atoms with Crippen molar-refractivity contribution < 1.29 is 14.7 Å². The molecular weight excluding hydrogens is 332 g/mol. The zero-order valence-corrected chi connectivity index (χ0v) is 13.9. The molecule has 7 heteroatoms. The summed E-state index contributed by atoms with van der Waals surface area (Å²) in [4.78, 5) is 29.6. The van der Waals surface area contributed by atoms with Gasteiger partial charge in [-0.1, -0.05) is 6.07 Å². The van der Waals surface area contributed by atoms with E-state index in [-0.39, 0.29) is 17.7 Å². The number of hydrogen-bond donors (Lipinski definition) is 2. The highest BCUT2D eigenvalue weighted by molar-refractivity contribution is 7.16. The Morgan fingerprint density at radius 2 is 2.00 bits per heavy atom. The summed E-state index contributed by atoms with van der Waals surface area (Å²) in [6, 6.07) is 3.95. The molecule has 23 heavy (non-hydrogen) atoms. The molecule has 2 saturated carbocycles. The number of carboxylic acid groups (broad SMARTS) is 1. The fourth-order valence-electron chi connectivity index (χ4n) is 4.08. The van der Waals surface area contributed by atoms with Crippen molar-refractivity contribution in [3.05, 3.63) is 22.9 Å². The van der Waals surface area contributed by atoms with Gasteiger partial charge in [0.15, 0.2) is 5.13 Å². The number of aliphatic carboxylic acids is 1. The van der Waals surface area contributed by atoms with Crippen molar-refractivity contribution in [2.24, 2.45) is 23.7 Å². The highest BCUT2D eigenvalue weighted by atomic mass is 32.1. The average molecular weight is 348 g/mol. The van der Waals surface area contributed by atoms with Crippen molar-refractivity contribution in [1.29, 1.82) is 0 Å². The van der Waals surface area contributed by atoms with E-state index in [1.807, 2.05) is 22.9 Å². The van der Waals surface area contributed by atoms with E-state index in [1.165, 1.54) is 11.3 Å². The van der Waals surface area contributed by atoms with Crippen LogP contribution >= 0.6 is 22.7 Å². The molecule has 120 valence electrons. The summed E-state index contributed by atoms with van der Waals surface area (Å²) in [6.45, 7) is 0. The molecule has 0 saturated heterocycles. The van der Waals surface area contributed by atoms with E-state index in [2.05, 4.69) is 10.3 Å². The second kappa shape index (κ2) is 5.72. The van der Waals surface area contributed by atoms with E-state index in [4.69, 9.17) is 0 Å². The number of thiazole rings is 1. The Balaban J connectivity index is 1.51. The van der Waals surface area contributed by atoms with Gasteiger partial charge in [-0.3, -0.25) is 9.59 Å². The highest BCUT2D eigenvalue weighted by Crippen LogP contribution is 2.52. The fourth-order valence-corrected chi connectivity index (χ4v) is 5.56. The molecule has 0 aliphatic heterocycles. The maximum absolute atomic E-state index is 12.6. The minimum Gasteiger partial charge on any atom is -0.481 e.